The second-order valence-electron chi connectivity index (χ2n) is 7.46. The Bertz CT molecular complexity index is 1150. The molecule has 152 valence electrons. The predicted octanol–water partition coefficient (Wildman–Crippen LogP) is 6.15. The molecule has 0 unspecified atom stereocenters. The third-order valence-electron chi connectivity index (χ3n) is 5.51. The molecule has 3 nitrogen and oxygen atoms in total. The third-order valence-corrected chi connectivity index (χ3v) is 5.74. The maximum absolute atomic E-state index is 12.9. The van der Waals surface area contributed by atoms with Crippen LogP contribution in [0.5, 0.6) is 0 Å². The number of para-hydroxylation sites is 1. The number of fused-ring (bicyclic) bond motifs is 1. The van der Waals surface area contributed by atoms with E-state index in [1.807, 2.05) is 48.5 Å². The number of nitrogens with one attached hydrogen (secondary N) is 1. The highest BCUT2D eigenvalue weighted by Crippen LogP contribution is 2.35. The standard InChI is InChI=1S/C26H25ClN2O/c1-2-29-18-24(22-13-6-7-14-25(22)29)23(20-11-8-12-21(27)15-20)16-26(30)28-17-19-9-4-3-5-10-19/h3-15,18,23H,2,16-17H2,1H3,(H,28,30)/t23-/m0/s1. The highest BCUT2D eigenvalue weighted by atomic mass is 35.5. The zero-order chi connectivity index (χ0) is 20.9. The first-order valence-electron chi connectivity index (χ1n) is 10.3. The number of aromatic nitrogens is 1. The average molecular weight is 417 g/mol. The van der Waals surface area contributed by atoms with E-state index in [9.17, 15) is 4.79 Å². The van der Waals surface area contributed by atoms with Crippen molar-refractivity contribution in [3.63, 3.8) is 0 Å². The zero-order valence-electron chi connectivity index (χ0n) is 17.0. The summed E-state index contributed by atoms with van der Waals surface area (Å²) >= 11 is 6.30. The molecule has 0 aliphatic heterocycles. The number of rotatable bonds is 7. The molecule has 0 radical (unpaired) electrons. The number of carbonyl (C=O) groups is 1. The number of amides is 1. The normalized spacial score (nSPS) is 12.1. The van der Waals surface area contributed by atoms with Crippen molar-refractivity contribution in [1.82, 2.24) is 9.88 Å². The van der Waals surface area contributed by atoms with E-state index in [-0.39, 0.29) is 11.8 Å². The number of hydrogen-bond donors (Lipinski definition) is 1. The van der Waals surface area contributed by atoms with Crippen LogP contribution in [0, 0.1) is 0 Å². The Morgan fingerprint density at radius 3 is 2.53 bits per heavy atom. The van der Waals surface area contributed by atoms with Crippen molar-refractivity contribution >= 4 is 28.4 Å². The molecule has 1 N–H and O–H groups in total. The Hall–Kier alpha value is -3.04. The van der Waals surface area contributed by atoms with Crippen LogP contribution in [-0.4, -0.2) is 10.5 Å². The molecule has 1 amide bonds. The summed E-state index contributed by atoms with van der Waals surface area (Å²) in [6.45, 7) is 3.54. The lowest BCUT2D eigenvalue weighted by Gasteiger charge is -2.18. The Balaban J connectivity index is 1.67. The van der Waals surface area contributed by atoms with Crippen molar-refractivity contribution in [3.8, 4) is 0 Å². The van der Waals surface area contributed by atoms with Gasteiger partial charge in [-0.15, -0.1) is 0 Å². The molecule has 0 bridgehead atoms. The van der Waals surface area contributed by atoms with E-state index in [0.29, 0.717) is 18.0 Å². The van der Waals surface area contributed by atoms with Gasteiger partial charge in [-0.1, -0.05) is 72.3 Å². The Labute approximate surface area is 182 Å². The van der Waals surface area contributed by atoms with Crippen LogP contribution in [0.15, 0.2) is 85.1 Å². The molecule has 4 aromatic rings. The van der Waals surface area contributed by atoms with Gasteiger partial charge in [-0.2, -0.15) is 0 Å². The minimum Gasteiger partial charge on any atom is -0.352 e. The van der Waals surface area contributed by atoms with Gasteiger partial charge in [-0.3, -0.25) is 4.79 Å². The number of aryl methyl sites for hydroxylation is 1. The van der Waals surface area contributed by atoms with E-state index in [4.69, 9.17) is 11.6 Å². The predicted molar refractivity (Wildman–Crippen MR) is 124 cm³/mol. The summed E-state index contributed by atoms with van der Waals surface area (Å²) in [5.74, 6) is -0.0469. The molecular formula is C26H25ClN2O. The lowest BCUT2D eigenvalue weighted by molar-refractivity contribution is -0.121. The average Bonchev–Trinajstić information content (AvgIpc) is 3.15. The minimum atomic E-state index is -0.0721. The van der Waals surface area contributed by atoms with Gasteiger partial charge >= 0.3 is 0 Å². The summed E-state index contributed by atoms with van der Waals surface area (Å²) < 4.78 is 2.24. The van der Waals surface area contributed by atoms with Crippen LogP contribution in [0.2, 0.25) is 5.02 Å². The molecule has 4 rings (SSSR count). The second-order valence-corrected chi connectivity index (χ2v) is 7.90. The molecule has 1 heterocycles. The SMILES string of the molecule is CCn1cc([C@@H](CC(=O)NCc2ccccc2)c2cccc(Cl)c2)c2ccccc21. The van der Waals surface area contributed by atoms with Crippen LogP contribution in [0.3, 0.4) is 0 Å². The van der Waals surface area contributed by atoms with E-state index >= 15 is 0 Å². The van der Waals surface area contributed by atoms with Gasteiger partial charge in [-0.05, 0) is 41.8 Å². The first kappa shape index (κ1) is 20.2. The van der Waals surface area contributed by atoms with Gasteiger partial charge in [0, 0.05) is 47.6 Å². The first-order valence-corrected chi connectivity index (χ1v) is 10.7. The summed E-state index contributed by atoms with van der Waals surface area (Å²) in [6.07, 6.45) is 2.55. The van der Waals surface area contributed by atoms with Crippen molar-refractivity contribution in [3.05, 3.63) is 107 Å². The van der Waals surface area contributed by atoms with Gasteiger partial charge in [-0.25, -0.2) is 0 Å². The highest BCUT2D eigenvalue weighted by Gasteiger charge is 2.22. The van der Waals surface area contributed by atoms with E-state index in [1.54, 1.807) is 0 Å². The zero-order valence-corrected chi connectivity index (χ0v) is 17.8. The fraction of sp³-hybridized carbons (Fsp3) is 0.192. The maximum Gasteiger partial charge on any atom is 0.221 e. The smallest absolute Gasteiger partial charge is 0.221 e. The fourth-order valence-electron chi connectivity index (χ4n) is 4.00. The number of nitrogens with zero attached hydrogens (tertiary/aromatic N) is 1. The van der Waals surface area contributed by atoms with Crippen molar-refractivity contribution in [2.45, 2.75) is 32.4 Å². The topological polar surface area (TPSA) is 34.0 Å². The molecule has 1 aromatic heterocycles. The molecule has 3 aromatic carbocycles. The summed E-state index contributed by atoms with van der Waals surface area (Å²) in [6, 6.07) is 26.2. The molecule has 0 aliphatic carbocycles. The van der Waals surface area contributed by atoms with Gasteiger partial charge in [0.25, 0.3) is 0 Å². The van der Waals surface area contributed by atoms with Crippen molar-refractivity contribution in [2.24, 2.45) is 0 Å². The number of carbonyl (C=O) groups excluding carboxylic acids is 1. The van der Waals surface area contributed by atoms with Gasteiger partial charge in [0.2, 0.25) is 5.91 Å². The van der Waals surface area contributed by atoms with Crippen LogP contribution in [0.4, 0.5) is 0 Å². The molecule has 30 heavy (non-hydrogen) atoms. The Kier molecular flexibility index (Phi) is 6.20. The van der Waals surface area contributed by atoms with Crippen LogP contribution in [-0.2, 0) is 17.9 Å². The highest BCUT2D eigenvalue weighted by molar-refractivity contribution is 6.30. The number of halogens is 1. The molecule has 0 fully saturated rings. The van der Waals surface area contributed by atoms with Gasteiger partial charge < -0.3 is 9.88 Å². The summed E-state index contributed by atoms with van der Waals surface area (Å²) in [4.78, 5) is 12.9. The van der Waals surface area contributed by atoms with E-state index in [0.717, 1.165) is 23.2 Å². The second kappa shape index (κ2) is 9.19. The molecule has 4 heteroatoms. The van der Waals surface area contributed by atoms with Crippen LogP contribution >= 0.6 is 11.6 Å². The number of hydrogen-bond acceptors (Lipinski definition) is 1. The van der Waals surface area contributed by atoms with Crippen molar-refractivity contribution < 1.29 is 4.79 Å². The Morgan fingerprint density at radius 1 is 1.00 bits per heavy atom. The summed E-state index contributed by atoms with van der Waals surface area (Å²) in [7, 11) is 0. The molecule has 0 aliphatic rings. The molecule has 0 saturated heterocycles. The summed E-state index contributed by atoms with van der Waals surface area (Å²) in [5.41, 5.74) is 4.49. The van der Waals surface area contributed by atoms with E-state index in [1.165, 1.54) is 10.9 Å². The molecule has 0 saturated carbocycles. The van der Waals surface area contributed by atoms with E-state index < -0.39 is 0 Å². The Morgan fingerprint density at radius 2 is 1.77 bits per heavy atom. The van der Waals surface area contributed by atoms with Gasteiger partial charge in [0.15, 0.2) is 0 Å². The van der Waals surface area contributed by atoms with Crippen molar-refractivity contribution in [2.75, 3.05) is 0 Å². The fourth-order valence-corrected chi connectivity index (χ4v) is 4.20. The van der Waals surface area contributed by atoms with Crippen LogP contribution < -0.4 is 5.32 Å². The molecular weight excluding hydrogens is 392 g/mol. The molecule has 0 spiro atoms. The third kappa shape index (κ3) is 4.42. The lowest BCUT2D eigenvalue weighted by atomic mass is 9.88. The quantitative estimate of drug-likeness (QED) is 0.385. The van der Waals surface area contributed by atoms with Crippen molar-refractivity contribution in [1.29, 1.82) is 0 Å². The monoisotopic (exact) mass is 416 g/mol. The van der Waals surface area contributed by atoms with Gasteiger partial charge in [0.1, 0.15) is 0 Å². The van der Waals surface area contributed by atoms with Crippen LogP contribution in [0.1, 0.15) is 36.0 Å². The van der Waals surface area contributed by atoms with Crippen LogP contribution in [0.25, 0.3) is 10.9 Å². The maximum atomic E-state index is 12.9. The van der Waals surface area contributed by atoms with Gasteiger partial charge in [0.05, 0.1) is 0 Å². The van der Waals surface area contributed by atoms with E-state index in [2.05, 4.69) is 53.3 Å². The number of benzene rings is 3. The minimum absolute atomic E-state index is 0.0251. The summed E-state index contributed by atoms with van der Waals surface area (Å²) in [5, 5.41) is 4.94. The first-order chi connectivity index (χ1) is 14.7. The lowest BCUT2D eigenvalue weighted by Crippen LogP contribution is -2.25. The largest absolute Gasteiger partial charge is 0.352 e. The molecule has 1 atom stereocenters.